The first-order chi connectivity index (χ1) is 26.5. The van der Waals surface area contributed by atoms with Crippen LogP contribution in [0.1, 0.15) is 49.9 Å². The van der Waals surface area contributed by atoms with Crippen molar-refractivity contribution >= 4 is 58.0 Å². The standard InChI is InChI=1S/C25H30NSi.C21H20NSSi.Ir/c1-5-27(6-2,7-3)24-15-16-25(26-19-24)22-14-13-20(4)23(18-22)17-21-11-9-8-10-12-21;1-14-9-11-16(18-12-10-15(13-22-18)24(2,3)4)21-20(14)17-7-5-6-8-19(17)23-21;/h8-13,15-16,18-19H,5-7,17H2,1-4H3;5-10,12-13H,1-4H3;/q2*-1;/i4D3,17D2;;. The van der Waals surface area contributed by atoms with Crippen LogP contribution in [-0.2, 0) is 26.5 Å². The first kappa shape index (κ1) is 33.1. The Hall–Kier alpha value is -3.52. The van der Waals surface area contributed by atoms with Crippen LogP contribution in [0.5, 0.6) is 0 Å². The van der Waals surface area contributed by atoms with E-state index in [-0.39, 0.29) is 31.2 Å². The Labute approximate surface area is 338 Å². The molecule has 3 aromatic heterocycles. The maximum Gasteiger partial charge on any atom is 0.0878 e. The van der Waals surface area contributed by atoms with Gasteiger partial charge in [-0.25, -0.2) is 0 Å². The fourth-order valence-electron chi connectivity index (χ4n) is 6.76. The van der Waals surface area contributed by atoms with Crippen LogP contribution < -0.4 is 10.4 Å². The first-order valence-electron chi connectivity index (χ1n) is 20.4. The van der Waals surface area contributed by atoms with E-state index in [1.807, 2.05) is 29.7 Å². The maximum absolute atomic E-state index is 8.77. The molecule has 0 N–H and O–H groups in total. The fourth-order valence-corrected chi connectivity index (χ4v) is 12.6. The molecule has 4 aromatic carbocycles. The topological polar surface area (TPSA) is 25.8 Å². The number of aromatic nitrogens is 2. The second-order valence-electron chi connectivity index (χ2n) is 14.3. The molecule has 52 heavy (non-hydrogen) atoms. The number of fused-ring (bicyclic) bond motifs is 3. The molecule has 0 spiro atoms. The van der Waals surface area contributed by atoms with E-state index in [4.69, 9.17) is 11.8 Å². The number of nitrogens with zero attached hydrogens (tertiary/aromatic N) is 2. The van der Waals surface area contributed by atoms with Crippen molar-refractivity contribution < 1.29 is 27.0 Å². The van der Waals surface area contributed by atoms with Crippen molar-refractivity contribution in [2.24, 2.45) is 0 Å². The Morgan fingerprint density at radius 3 is 2.02 bits per heavy atom. The molecule has 7 aromatic rings. The van der Waals surface area contributed by atoms with Gasteiger partial charge in [-0.3, -0.25) is 0 Å². The van der Waals surface area contributed by atoms with Crippen molar-refractivity contribution in [1.29, 1.82) is 0 Å². The van der Waals surface area contributed by atoms with Crippen molar-refractivity contribution in [3.05, 3.63) is 144 Å². The van der Waals surface area contributed by atoms with Crippen molar-refractivity contribution in [2.75, 3.05) is 0 Å². The zero-order chi connectivity index (χ0) is 40.5. The molecule has 0 aliphatic carbocycles. The summed E-state index contributed by atoms with van der Waals surface area (Å²) in [5.41, 5.74) is 5.20. The molecule has 3 heterocycles. The van der Waals surface area contributed by atoms with Gasteiger partial charge in [0.05, 0.1) is 16.1 Å². The van der Waals surface area contributed by atoms with Gasteiger partial charge < -0.3 is 9.97 Å². The van der Waals surface area contributed by atoms with E-state index in [2.05, 4.69) is 119 Å². The van der Waals surface area contributed by atoms with Gasteiger partial charge in [0.15, 0.2) is 0 Å². The van der Waals surface area contributed by atoms with Gasteiger partial charge in [0.2, 0.25) is 0 Å². The molecule has 1 radical (unpaired) electrons. The number of benzene rings is 4. The number of thiophene rings is 1. The molecule has 0 aliphatic rings. The normalized spacial score (nSPS) is 13.6. The number of hydrogen-bond acceptors (Lipinski definition) is 3. The van der Waals surface area contributed by atoms with Gasteiger partial charge in [-0.05, 0) is 49.9 Å². The summed E-state index contributed by atoms with van der Waals surface area (Å²) in [5.74, 6) is 0. The molecule has 0 aliphatic heterocycles. The van der Waals surface area contributed by atoms with E-state index < -0.39 is 29.4 Å². The van der Waals surface area contributed by atoms with Gasteiger partial charge >= 0.3 is 0 Å². The summed E-state index contributed by atoms with van der Waals surface area (Å²) in [7, 11) is -2.86. The van der Waals surface area contributed by atoms with E-state index in [0.717, 1.165) is 11.3 Å². The van der Waals surface area contributed by atoms with Crippen LogP contribution in [0.3, 0.4) is 0 Å². The number of aryl methyl sites for hydroxylation is 2. The molecule has 0 amide bonds. The van der Waals surface area contributed by atoms with Crippen LogP contribution in [0, 0.1) is 25.9 Å². The summed E-state index contributed by atoms with van der Waals surface area (Å²) < 4.78 is 43.9. The molecule has 2 nitrogen and oxygen atoms in total. The third kappa shape index (κ3) is 8.48. The Bertz CT molecular complexity index is 2430. The zero-order valence-electron chi connectivity index (χ0n) is 36.1. The molecular formula is C46H50IrN2SSi2-2. The van der Waals surface area contributed by atoms with Crippen molar-refractivity contribution in [2.45, 2.75) is 78.7 Å². The van der Waals surface area contributed by atoms with E-state index in [1.54, 1.807) is 30.3 Å². The van der Waals surface area contributed by atoms with Gasteiger partial charge in [-0.2, -0.15) is 11.3 Å². The van der Waals surface area contributed by atoms with Gasteiger partial charge in [0, 0.05) is 44.1 Å². The summed E-state index contributed by atoms with van der Waals surface area (Å²) in [6, 6.07) is 41.0. The molecule has 7 rings (SSSR count). The molecule has 6 heteroatoms. The molecule has 0 unspecified atom stereocenters. The summed E-state index contributed by atoms with van der Waals surface area (Å²) in [6.07, 6.45) is 2.05. The number of pyridine rings is 2. The second kappa shape index (κ2) is 17.1. The van der Waals surface area contributed by atoms with Crippen molar-refractivity contribution in [3.8, 4) is 22.5 Å². The third-order valence-corrected chi connectivity index (χ3v) is 19.0. The molecular weight excluding hydrogens is 861 g/mol. The Balaban J connectivity index is 0.000000221. The molecule has 0 bridgehead atoms. The van der Waals surface area contributed by atoms with Gasteiger partial charge in [0.1, 0.15) is 0 Å². The van der Waals surface area contributed by atoms with Crippen LogP contribution in [-0.4, -0.2) is 26.1 Å². The van der Waals surface area contributed by atoms with Crippen molar-refractivity contribution in [1.82, 2.24) is 9.97 Å². The molecule has 0 saturated heterocycles. The third-order valence-electron chi connectivity index (χ3n) is 10.2. The Kier molecular flexibility index (Phi) is 10.9. The molecule has 0 fully saturated rings. The predicted molar refractivity (Wildman–Crippen MR) is 228 cm³/mol. The SMILES string of the molecule is Cc1c[c-]c(-c2ccc([Si](C)(C)C)cn2)c2sc3ccccc3c12.[2H]C([2H])([2H])c1c[c-]c(-c2ccc([Si](CC)(CC)CC)cn2)cc1C([2H])([2H])c1ccccc1.[Ir]. The van der Waals surface area contributed by atoms with Gasteiger partial charge in [-0.15, -0.1) is 58.1 Å². The summed E-state index contributed by atoms with van der Waals surface area (Å²) in [4.78, 5) is 9.46. The molecule has 0 atom stereocenters. The summed E-state index contributed by atoms with van der Waals surface area (Å²) >= 11 is 1.84. The quantitative estimate of drug-likeness (QED) is 0.107. The average molecular weight is 916 g/mol. The zero-order valence-corrected chi connectivity index (χ0v) is 36.4. The minimum Gasteiger partial charge on any atom is -0.305 e. The van der Waals surface area contributed by atoms with E-state index in [0.29, 0.717) is 16.8 Å². The van der Waals surface area contributed by atoms with Crippen LogP contribution >= 0.6 is 11.3 Å². The van der Waals surface area contributed by atoms with E-state index >= 15 is 0 Å². The fraction of sp³-hybridized carbons (Fsp3) is 0.261. The summed E-state index contributed by atoms with van der Waals surface area (Å²) in [6.45, 7) is 13.6. The van der Waals surface area contributed by atoms with Crippen LogP contribution in [0.15, 0.2) is 109 Å². The Morgan fingerprint density at radius 2 is 1.38 bits per heavy atom. The minimum atomic E-state index is -2.45. The molecule has 269 valence electrons. The van der Waals surface area contributed by atoms with Crippen LogP contribution in [0.2, 0.25) is 37.8 Å². The predicted octanol–water partition coefficient (Wildman–Crippen LogP) is 11.9. The Morgan fingerprint density at radius 1 is 0.750 bits per heavy atom. The minimum absolute atomic E-state index is 0. The van der Waals surface area contributed by atoms with Crippen LogP contribution in [0.4, 0.5) is 0 Å². The first-order valence-corrected chi connectivity index (χ1v) is 24.9. The second-order valence-corrected chi connectivity index (χ2v) is 25.7. The van der Waals surface area contributed by atoms with Crippen LogP contribution in [0.25, 0.3) is 42.7 Å². The average Bonchev–Trinajstić information content (AvgIpc) is 3.60. The summed E-state index contributed by atoms with van der Waals surface area (Å²) in [5, 5.41) is 5.41. The monoisotopic (exact) mass is 916 g/mol. The number of hydrogen-bond donors (Lipinski definition) is 0. The number of rotatable bonds is 9. The maximum atomic E-state index is 8.77. The van der Waals surface area contributed by atoms with E-state index in [1.165, 1.54) is 60.3 Å². The van der Waals surface area contributed by atoms with Gasteiger partial charge in [-0.1, -0.05) is 151 Å². The van der Waals surface area contributed by atoms with E-state index in [9.17, 15) is 0 Å². The smallest absolute Gasteiger partial charge is 0.0878 e. The van der Waals surface area contributed by atoms with Gasteiger partial charge in [0.25, 0.3) is 0 Å². The van der Waals surface area contributed by atoms with Crippen molar-refractivity contribution in [3.63, 3.8) is 0 Å². The molecule has 0 saturated carbocycles. The largest absolute Gasteiger partial charge is 0.305 e.